The molecule has 1 saturated heterocycles. The van der Waals surface area contributed by atoms with E-state index in [1.54, 1.807) is 0 Å². The summed E-state index contributed by atoms with van der Waals surface area (Å²) >= 11 is 6.24. The summed E-state index contributed by atoms with van der Waals surface area (Å²) in [7, 11) is 0. The molecule has 180 valence electrons. The standard InChI is InChI=1S/C26H36ClN3O3/c1-18(2)19-9-11-21(12-10-19)32-17-25-22(24-13-14-28-29-24)7-5-15-30(25)26(31)33-16-20-6-3-4-8-23(20)27/h3-4,6,8,13-14,18-19,21-22,25H,5,7,9-12,15-17H2,1-2H3,(H,28,29)/t19-,21+,22-,25+/m1/s1. The maximum Gasteiger partial charge on any atom is 0.410 e. The number of piperidine rings is 1. The maximum atomic E-state index is 13.2. The van der Waals surface area contributed by atoms with Gasteiger partial charge in [0.25, 0.3) is 0 Å². The highest BCUT2D eigenvalue weighted by Crippen LogP contribution is 2.35. The second-order valence-electron chi connectivity index (χ2n) is 9.77. The predicted octanol–water partition coefficient (Wildman–Crippen LogP) is 6.18. The molecule has 2 aromatic rings. The van der Waals surface area contributed by atoms with Crippen LogP contribution in [0, 0.1) is 11.8 Å². The Morgan fingerprint density at radius 2 is 1.97 bits per heavy atom. The van der Waals surface area contributed by atoms with Crippen LogP contribution in [0.5, 0.6) is 0 Å². The summed E-state index contributed by atoms with van der Waals surface area (Å²) in [5.74, 6) is 1.66. The molecule has 2 aliphatic rings. The van der Waals surface area contributed by atoms with Crippen LogP contribution in [0.3, 0.4) is 0 Å². The minimum absolute atomic E-state index is 0.0939. The van der Waals surface area contributed by atoms with Crippen molar-refractivity contribution >= 4 is 17.7 Å². The van der Waals surface area contributed by atoms with Crippen molar-refractivity contribution in [1.29, 1.82) is 0 Å². The van der Waals surface area contributed by atoms with Crippen LogP contribution >= 0.6 is 11.6 Å². The van der Waals surface area contributed by atoms with Gasteiger partial charge >= 0.3 is 6.09 Å². The zero-order valence-electron chi connectivity index (χ0n) is 19.7. The summed E-state index contributed by atoms with van der Waals surface area (Å²) in [6, 6.07) is 9.37. The number of ether oxygens (including phenoxy) is 2. The number of nitrogens with zero attached hydrogens (tertiary/aromatic N) is 2. The molecule has 1 aliphatic heterocycles. The van der Waals surface area contributed by atoms with Gasteiger partial charge < -0.3 is 14.4 Å². The van der Waals surface area contributed by atoms with Crippen molar-refractivity contribution in [2.45, 2.75) is 77.0 Å². The molecule has 7 heteroatoms. The Labute approximate surface area is 202 Å². The average molecular weight is 474 g/mol. The van der Waals surface area contributed by atoms with Crippen molar-refractivity contribution in [3.63, 3.8) is 0 Å². The van der Waals surface area contributed by atoms with Crippen LogP contribution in [-0.4, -0.2) is 46.5 Å². The van der Waals surface area contributed by atoms with Crippen molar-refractivity contribution in [2.24, 2.45) is 11.8 Å². The van der Waals surface area contributed by atoms with Gasteiger partial charge in [-0.3, -0.25) is 5.10 Å². The van der Waals surface area contributed by atoms with Crippen molar-refractivity contribution in [1.82, 2.24) is 15.1 Å². The zero-order valence-corrected chi connectivity index (χ0v) is 20.5. The maximum absolute atomic E-state index is 13.2. The van der Waals surface area contributed by atoms with E-state index in [4.69, 9.17) is 21.1 Å². The van der Waals surface area contributed by atoms with Crippen molar-refractivity contribution < 1.29 is 14.3 Å². The Balaban J connectivity index is 1.41. The number of aromatic nitrogens is 2. The van der Waals surface area contributed by atoms with E-state index in [0.29, 0.717) is 18.2 Å². The third kappa shape index (κ3) is 6.10. The highest BCUT2D eigenvalue weighted by molar-refractivity contribution is 6.31. The second kappa shape index (κ2) is 11.4. The normalized spacial score (nSPS) is 25.9. The fraction of sp³-hybridized carbons (Fsp3) is 0.615. The second-order valence-corrected chi connectivity index (χ2v) is 10.2. The first kappa shape index (κ1) is 24.1. The van der Waals surface area contributed by atoms with E-state index in [9.17, 15) is 4.79 Å². The van der Waals surface area contributed by atoms with Gasteiger partial charge in [-0.15, -0.1) is 0 Å². The summed E-state index contributed by atoms with van der Waals surface area (Å²) in [4.78, 5) is 15.0. The highest BCUT2D eigenvalue weighted by atomic mass is 35.5. The largest absolute Gasteiger partial charge is 0.444 e. The van der Waals surface area contributed by atoms with Gasteiger partial charge in [0.1, 0.15) is 6.61 Å². The Morgan fingerprint density at radius 3 is 2.67 bits per heavy atom. The van der Waals surface area contributed by atoms with E-state index >= 15 is 0 Å². The Hall–Kier alpha value is -2.05. The molecular weight excluding hydrogens is 438 g/mol. The van der Waals surface area contributed by atoms with Gasteiger partial charge in [-0.25, -0.2) is 4.79 Å². The molecule has 2 atom stereocenters. The van der Waals surface area contributed by atoms with Crippen LogP contribution in [0.1, 0.15) is 69.5 Å². The molecule has 0 bridgehead atoms. The van der Waals surface area contributed by atoms with E-state index in [1.807, 2.05) is 41.4 Å². The molecule has 2 fully saturated rings. The summed E-state index contributed by atoms with van der Waals surface area (Å²) in [5, 5.41) is 7.97. The van der Waals surface area contributed by atoms with Gasteiger partial charge in [-0.1, -0.05) is 43.6 Å². The number of rotatable bonds is 7. The van der Waals surface area contributed by atoms with E-state index in [2.05, 4.69) is 24.0 Å². The first-order valence-electron chi connectivity index (χ1n) is 12.3. The molecule has 1 aliphatic carbocycles. The van der Waals surface area contributed by atoms with Crippen molar-refractivity contribution in [3.05, 3.63) is 52.8 Å². The van der Waals surface area contributed by atoms with E-state index < -0.39 is 0 Å². The molecule has 33 heavy (non-hydrogen) atoms. The van der Waals surface area contributed by atoms with Crippen LogP contribution in [-0.2, 0) is 16.1 Å². The molecule has 1 aromatic heterocycles. The number of likely N-dealkylation sites (tertiary alicyclic amines) is 1. The van der Waals surface area contributed by atoms with Gasteiger partial charge in [-0.2, -0.15) is 5.10 Å². The lowest BCUT2D eigenvalue weighted by atomic mass is 9.80. The van der Waals surface area contributed by atoms with Gasteiger partial charge in [0.15, 0.2) is 0 Å². The predicted molar refractivity (Wildman–Crippen MR) is 129 cm³/mol. The molecule has 4 rings (SSSR count). The van der Waals surface area contributed by atoms with Crippen molar-refractivity contribution in [2.75, 3.05) is 13.2 Å². The first-order chi connectivity index (χ1) is 16.0. The summed E-state index contributed by atoms with van der Waals surface area (Å²) in [6.45, 7) is 5.96. The molecule has 1 amide bonds. The number of benzene rings is 1. The molecule has 0 spiro atoms. The highest BCUT2D eigenvalue weighted by Gasteiger charge is 2.38. The summed E-state index contributed by atoms with van der Waals surface area (Å²) < 4.78 is 12.1. The fourth-order valence-corrected chi connectivity index (χ4v) is 5.50. The SMILES string of the molecule is CC(C)[C@H]1CC[C@@H](OC[C@H]2[C@@H](c3cc[nH]n3)CCCN2C(=O)OCc2ccccc2Cl)CC1. The molecular formula is C26H36ClN3O3. The quantitative estimate of drug-likeness (QED) is 0.521. The molecule has 2 heterocycles. The van der Waals surface area contributed by atoms with Crippen LogP contribution in [0.4, 0.5) is 4.79 Å². The molecule has 0 unspecified atom stereocenters. The first-order valence-corrected chi connectivity index (χ1v) is 12.7. The van der Waals surface area contributed by atoms with E-state index in [-0.39, 0.29) is 30.8 Å². The number of hydrogen-bond acceptors (Lipinski definition) is 4. The minimum atomic E-state index is -0.313. The third-order valence-corrected chi connectivity index (χ3v) is 7.76. The monoisotopic (exact) mass is 473 g/mol. The summed E-state index contributed by atoms with van der Waals surface area (Å²) in [5.41, 5.74) is 1.79. The molecule has 1 aromatic carbocycles. The number of carbonyl (C=O) groups is 1. The third-order valence-electron chi connectivity index (χ3n) is 7.39. The number of aromatic amines is 1. The number of hydrogen-bond donors (Lipinski definition) is 1. The van der Waals surface area contributed by atoms with Crippen LogP contribution < -0.4 is 0 Å². The Morgan fingerprint density at radius 1 is 1.18 bits per heavy atom. The number of carbonyl (C=O) groups excluding carboxylic acids is 1. The number of H-pyrrole nitrogens is 1. The van der Waals surface area contributed by atoms with Gasteiger partial charge in [-0.05, 0) is 62.5 Å². The Bertz CT molecular complexity index is 881. The number of amides is 1. The van der Waals surface area contributed by atoms with E-state index in [1.165, 1.54) is 12.8 Å². The molecule has 1 N–H and O–H groups in total. The van der Waals surface area contributed by atoms with Crippen molar-refractivity contribution in [3.8, 4) is 0 Å². The van der Waals surface area contributed by atoms with Crippen LogP contribution in [0.2, 0.25) is 5.02 Å². The zero-order chi connectivity index (χ0) is 23.2. The van der Waals surface area contributed by atoms with Crippen LogP contribution in [0.15, 0.2) is 36.5 Å². The lowest BCUT2D eigenvalue weighted by Gasteiger charge is -2.41. The lowest BCUT2D eigenvalue weighted by Crippen LogP contribution is -2.50. The summed E-state index contributed by atoms with van der Waals surface area (Å²) in [6.07, 6.45) is 8.32. The van der Waals surface area contributed by atoms with E-state index in [0.717, 1.165) is 48.8 Å². The smallest absolute Gasteiger partial charge is 0.410 e. The average Bonchev–Trinajstić information content (AvgIpc) is 3.37. The van der Waals surface area contributed by atoms with Gasteiger partial charge in [0.2, 0.25) is 0 Å². The number of nitrogens with one attached hydrogen (secondary N) is 1. The van der Waals surface area contributed by atoms with Crippen LogP contribution in [0.25, 0.3) is 0 Å². The topological polar surface area (TPSA) is 67.5 Å². The minimum Gasteiger partial charge on any atom is -0.444 e. The Kier molecular flexibility index (Phi) is 8.31. The van der Waals surface area contributed by atoms with Gasteiger partial charge in [0.05, 0.1) is 24.4 Å². The molecule has 1 saturated carbocycles. The fourth-order valence-electron chi connectivity index (χ4n) is 5.31. The molecule has 6 nitrogen and oxygen atoms in total. The molecule has 0 radical (unpaired) electrons. The number of halogens is 1. The lowest BCUT2D eigenvalue weighted by molar-refractivity contribution is -0.0324. The van der Waals surface area contributed by atoms with Gasteiger partial charge in [0, 0.05) is 29.2 Å².